The number of aromatic nitrogens is 1. The molecule has 0 atom stereocenters. The van der Waals surface area contributed by atoms with Gasteiger partial charge in [0, 0.05) is 16.6 Å². The number of pyridine rings is 1. The van der Waals surface area contributed by atoms with Crippen molar-refractivity contribution in [3.05, 3.63) is 58.1 Å². The standard InChI is InChI=1S/C13H12BrFN2O/c14-13-5-10(15)2-1-9(13)8-18-12-4-3-11(6-16)17-7-12/h1-5,7H,6,8,16H2. The molecule has 0 spiro atoms. The Hall–Kier alpha value is -1.46. The van der Waals surface area contributed by atoms with Crippen molar-refractivity contribution < 1.29 is 9.13 Å². The fourth-order valence-corrected chi connectivity index (χ4v) is 1.88. The number of hydrogen-bond donors (Lipinski definition) is 1. The van der Waals surface area contributed by atoms with Crippen LogP contribution in [0.1, 0.15) is 11.3 Å². The predicted molar refractivity (Wildman–Crippen MR) is 70.6 cm³/mol. The van der Waals surface area contributed by atoms with Gasteiger partial charge in [-0.2, -0.15) is 0 Å². The number of benzene rings is 1. The zero-order valence-electron chi connectivity index (χ0n) is 9.57. The number of nitrogens with zero attached hydrogens (tertiary/aromatic N) is 1. The quantitative estimate of drug-likeness (QED) is 0.944. The summed E-state index contributed by atoms with van der Waals surface area (Å²) >= 11 is 3.29. The van der Waals surface area contributed by atoms with E-state index in [-0.39, 0.29) is 5.82 Å². The molecule has 0 unspecified atom stereocenters. The second kappa shape index (κ2) is 5.93. The average Bonchev–Trinajstić information content (AvgIpc) is 2.38. The van der Waals surface area contributed by atoms with Crippen molar-refractivity contribution >= 4 is 15.9 Å². The van der Waals surface area contributed by atoms with Crippen LogP contribution in [0.25, 0.3) is 0 Å². The molecule has 0 aliphatic heterocycles. The molecule has 0 fully saturated rings. The summed E-state index contributed by atoms with van der Waals surface area (Å²) in [5.74, 6) is 0.378. The Kier molecular flexibility index (Phi) is 4.28. The molecule has 2 aromatic rings. The molecule has 1 aromatic heterocycles. The highest BCUT2D eigenvalue weighted by atomic mass is 79.9. The molecule has 3 nitrogen and oxygen atoms in total. The summed E-state index contributed by atoms with van der Waals surface area (Å²) in [7, 11) is 0. The molecule has 1 aromatic carbocycles. The lowest BCUT2D eigenvalue weighted by molar-refractivity contribution is 0.304. The van der Waals surface area contributed by atoms with Gasteiger partial charge in [0.2, 0.25) is 0 Å². The minimum Gasteiger partial charge on any atom is -0.487 e. The highest BCUT2D eigenvalue weighted by molar-refractivity contribution is 9.10. The van der Waals surface area contributed by atoms with Gasteiger partial charge in [-0.15, -0.1) is 0 Å². The predicted octanol–water partition coefficient (Wildman–Crippen LogP) is 3.02. The number of hydrogen-bond acceptors (Lipinski definition) is 3. The van der Waals surface area contributed by atoms with Gasteiger partial charge in [0.25, 0.3) is 0 Å². The van der Waals surface area contributed by atoms with Gasteiger partial charge in [0.15, 0.2) is 0 Å². The van der Waals surface area contributed by atoms with E-state index in [1.165, 1.54) is 12.1 Å². The van der Waals surface area contributed by atoms with Crippen molar-refractivity contribution in [3.8, 4) is 5.75 Å². The van der Waals surface area contributed by atoms with Crippen molar-refractivity contribution in [2.45, 2.75) is 13.2 Å². The van der Waals surface area contributed by atoms with Gasteiger partial charge in [-0.3, -0.25) is 4.98 Å². The summed E-state index contributed by atoms with van der Waals surface area (Å²) in [5, 5.41) is 0. The SMILES string of the molecule is NCc1ccc(OCc2ccc(F)cc2Br)cn1. The fraction of sp³-hybridized carbons (Fsp3) is 0.154. The number of halogens is 2. The minimum absolute atomic E-state index is 0.278. The molecule has 94 valence electrons. The maximum absolute atomic E-state index is 12.9. The van der Waals surface area contributed by atoms with Crippen molar-refractivity contribution in [1.82, 2.24) is 4.98 Å². The smallest absolute Gasteiger partial charge is 0.138 e. The van der Waals surface area contributed by atoms with Gasteiger partial charge in [0.05, 0.1) is 11.9 Å². The third-order valence-electron chi connectivity index (χ3n) is 2.42. The first-order valence-corrected chi connectivity index (χ1v) is 6.20. The molecule has 18 heavy (non-hydrogen) atoms. The van der Waals surface area contributed by atoms with Crippen molar-refractivity contribution in [3.63, 3.8) is 0 Å². The first kappa shape index (κ1) is 13.0. The van der Waals surface area contributed by atoms with Crippen LogP contribution >= 0.6 is 15.9 Å². The molecular formula is C13H12BrFN2O. The lowest BCUT2D eigenvalue weighted by atomic mass is 10.2. The lowest BCUT2D eigenvalue weighted by Gasteiger charge is -2.08. The molecule has 0 aliphatic carbocycles. The normalized spacial score (nSPS) is 10.4. The average molecular weight is 311 g/mol. The maximum atomic E-state index is 12.9. The molecule has 0 radical (unpaired) electrons. The van der Waals surface area contributed by atoms with Crippen molar-refractivity contribution in [1.29, 1.82) is 0 Å². The first-order valence-electron chi connectivity index (χ1n) is 5.41. The van der Waals surface area contributed by atoms with Crippen LogP contribution in [0.15, 0.2) is 41.0 Å². The summed E-state index contributed by atoms with van der Waals surface area (Å²) in [6.07, 6.45) is 1.62. The Morgan fingerprint density at radius 1 is 1.28 bits per heavy atom. The van der Waals surface area contributed by atoms with E-state index in [0.717, 1.165) is 11.3 Å². The first-order chi connectivity index (χ1) is 8.69. The monoisotopic (exact) mass is 310 g/mol. The van der Waals surface area contributed by atoms with Crippen LogP contribution in [-0.2, 0) is 13.2 Å². The van der Waals surface area contributed by atoms with E-state index in [2.05, 4.69) is 20.9 Å². The van der Waals surface area contributed by atoms with Crippen LogP contribution in [0.4, 0.5) is 4.39 Å². The second-order valence-electron chi connectivity index (χ2n) is 3.71. The summed E-state index contributed by atoms with van der Waals surface area (Å²) in [4.78, 5) is 4.12. The zero-order chi connectivity index (χ0) is 13.0. The van der Waals surface area contributed by atoms with Crippen LogP contribution in [0.2, 0.25) is 0 Å². The molecule has 2 N–H and O–H groups in total. The fourth-order valence-electron chi connectivity index (χ4n) is 1.42. The number of ether oxygens (including phenoxy) is 1. The van der Waals surface area contributed by atoms with Crippen LogP contribution in [0.3, 0.4) is 0 Å². The Labute approximate surface area is 113 Å². The van der Waals surface area contributed by atoms with Gasteiger partial charge >= 0.3 is 0 Å². The van der Waals surface area contributed by atoms with Gasteiger partial charge in [-0.1, -0.05) is 22.0 Å². The van der Waals surface area contributed by atoms with E-state index < -0.39 is 0 Å². The Morgan fingerprint density at radius 3 is 2.72 bits per heavy atom. The zero-order valence-corrected chi connectivity index (χ0v) is 11.2. The van der Waals surface area contributed by atoms with Crippen molar-refractivity contribution in [2.75, 3.05) is 0 Å². The second-order valence-corrected chi connectivity index (χ2v) is 4.57. The summed E-state index contributed by atoms with van der Waals surface area (Å²) in [6, 6.07) is 8.12. The molecule has 0 saturated heterocycles. The molecule has 0 amide bonds. The summed E-state index contributed by atoms with van der Waals surface area (Å²) in [5.41, 5.74) is 7.14. The highest BCUT2D eigenvalue weighted by Crippen LogP contribution is 2.20. The van der Waals surface area contributed by atoms with E-state index in [9.17, 15) is 4.39 Å². The van der Waals surface area contributed by atoms with Gasteiger partial charge in [-0.05, 0) is 24.3 Å². The van der Waals surface area contributed by atoms with Crippen LogP contribution in [0, 0.1) is 5.82 Å². The Bertz CT molecular complexity index is 531. The summed E-state index contributed by atoms with van der Waals surface area (Å²) < 4.78 is 19.1. The van der Waals surface area contributed by atoms with Gasteiger partial charge in [-0.25, -0.2) is 4.39 Å². The Morgan fingerprint density at radius 2 is 2.11 bits per heavy atom. The molecule has 0 aliphatic rings. The van der Waals surface area contributed by atoms with Gasteiger partial charge in [0.1, 0.15) is 18.2 Å². The third kappa shape index (κ3) is 3.27. The number of rotatable bonds is 4. The lowest BCUT2D eigenvalue weighted by Crippen LogP contribution is -2.01. The van der Waals surface area contributed by atoms with Gasteiger partial charge < -0.3 is 10.5 Å². The third-order valence-corrected chi connectivity index (χ3v) is 3.15. The van der Waals surface area contributed by atoms with Crippen LogP contribution in [0.5, 0.6) is 5.75 Å². The van der Waals surface area contributed by atoms with Crippen LogP contribution in [-0.4, -0.2) is 4.98 Å². The molecule has 2 rings (SSSR count). The van der Waals surface area contributed by atoms with Crippen molar-refractivity contribution in [2.24, 2.45) is 5.73 Å². The summed E-state index contributed by atoms with van der Waals surface area (Å²) in [6.45, 7) is 0.758. The highest BCUT2D eigenvalue weighted by Gasteiger charge is 2.03. The van der Waals surface area contributed by atoms with E-state index in [1.54, 1.807) is 12.3 Å². The molecule has 0 saturated carbocycles. The molecule has 0 bridgehead atoms. The largest absolute Gasteiger partial charge is 0.487 e. The molecule has 5 heteroatoms. The van der Waals surface area contributed by atoms with E-state index >= 15 is 0 Å². The number of nitrogens with two attached hydrogens (primary N) is 1. The van der Waals surface area contributed by atoms with E-state index in [0.29, 0.717) is 23.4 Å². The topological polar surface area (TPSA) is 48.1 Å². The maximum Gasteiger partial charge on any atom is 0.138 e. The van der Waals surface area contributed by atoms with Crippen LogP contribution < -0.4 is 10.5 Å². The Balaban J connectivity index is 2.02. The molecular weight excluding hydrogens is 299 g/mol. The van der Waals surface area contributed by atoms with E-state index in [4.69, 9.17) is 10.5 Å². The molecule has 1 heterocycles. The van der Waals surface area contributed by atoms with E-state index in [1.807, 2.05) is 12.1 Å². The minimum atomic E-state index is -0.278.